The topological polar surface area (TPSA) is 51.2 Å². The van der Waals surface area contributed by atoms with Gasteiger partial charge < -0.3 is 10.1 Å². The van der Waals surface area contributed by atoms with Gasteiger partial charge >= 0.3 is 0 Å². The van der Waals surface area contributed by atoms with Crippen LogP contribution in [0.3, 0.4) is 0 Å². The summed E-state index contributed by atoms with van der Waals surface area (Å²) < 4.78 is 5.08. The maximum absolute atomic E-state index is 10.6. The number of hydrogen-bond donors (Lipinski definition) is 1. The third-order valence-electron chi connectivity index (χ3n) is 2.29. The lowest BCUT2D eigenvalue weighted by molar-refractivity contribution is -0.135. The minimum atomic E-state index is -0.436. The molecule has 0 saturated heterocycles. The van der Waals surface area contributed by atoms with E-state index in [2.05, 4.69) is 10.3 Å². The van der Waals surface area contributed by atoms with Gasteiger partial charge in [0.15, 0.2) is 6.10 Å². The van der Waals surface area contributed by atoms with Crippen LogP contribution in [0, 0.1) is 0 Å². The van der Waals surface area contributed by atoms with Gasteiger partial charge in [-0.15, -0.1) is 0 Å². The van der Waals surface area contributed by atoms with Gasteiger partial charge in [-0.1, -0.05) is 25.4 Å². The van der Waals surface area contributed by atoms with Crippen molar-refractivity contribution in [1.82, 2.24) is 10.3 Å². The van der Waals surface area contributed by atoms with Crippen molar-refractivity contribution in [2.24, 2.45) is 0 Å². The van der Waals surface area contributed by atoms with Gasteiger partial charge in [0.25, 0.3) is 6.47 Å². The first-order valence-corrected chi connectivity index (χ1v) is 5.89. The summed E-state index contributed by atoms with van der Waals surface area (Å²) in [6, 6.07) is 3.64. The highest BCUT2D eigenvalue weighted by molar-refractivity contribution is 6.30. The van der Waals surface area contributed by atoms with Gasteiger partial charge in [-0.05, 0) is 19.1 Å². The fourth-order valence-corrected chi connectivity index (χ4v) is 1.86. The Bertz CT molecular complexity index is 371. The summed E-state index contributed by atoms with van der Waals surface area (Å²) in [5, 5.41) is 3.85. The maximum Gasteiger partial charge on any atom is 0.293 e. The zero-order valence-corrected chi connectivity index (χ0v) is 10.9. The van der Waals surface area contributed by atoms with Crippen LogP contribution in [-0.4, -0.2) is 23.5 Å². The Hall–Kier alpha value is -1.13. The number of carbonyl (C=O) groups excluding carboxylic acids is 1. The van der Waals surface area contributed by atoms with E-state index < -0.39 is 6.10 Å². The van der Waals surface area contributed by atoms with Crippen LogP contribution in [0.5, 0.6) is 0 Å². The smallest absolute Gasteiger partial charge is 0.293 e. The highest BCUT2D eigenvalue weighted by atomic mass is 35.5. The molecule has 1 aromatic heterocycles. The van der Waals surface area contributed by atoms with E-state index in [0.29, 0.717) is 23.2 Å². The van der Waals surface area contributed by atoms with E-state index in [0.717, 1.165) is 0 Å². The normalized spacial score (nSPS) is 14.4. The fourth-order valence-electron chi connectivity index (χ4n) is 1.69. The average Bonchev–Trinajstić information content (AvgIpc) is 2.24. The molecule has 1 aromatic rings. The summed E-state index contributed by atoms with van der Waals surface area (Å²) in [7, 11) is 0. The Balaban J connectivity index is 2.88. The third-order valence-corrected chi connectivity index (χ3v) is 2.52. The summed E-state index contributed by atoms with van der Waals surface area (Å²) in [4.78, 5) is 14.7. The lowest BCUT2D eigenvalue weighted by Crippen LogP contribution is -2.38. The monoisotopic (exact) mass is 256 g/mol. The number of ether oxygens (including phenoxy) is 1. The molecule has 5 heteroatoms. The maximum atomic E-state index is 10.6. The minimum Gasteiger partial charge on any atom is -0.456 e. The number of nitrogens with one attached hydrogen (secondary N) is 1. The van der Waals surface area contributed by atoms with Crippen molar-refractivity contribution >= 4 is 18.1 Å². The molecule has 0 amide bonds. The van der Waals surface area contributed by atoms with E-state index in [1.54, 1.807) is 18.3 Å². The Kier molecular flexibility index (Phi) is 5.38. The molecule has 94 valence electrons. The summed E-state index contributed by atoms with van der Waals surface area (Å²) >= 11 is 5.90. The molecule has 0 bridgehead atoms. The predicted molar refractivity (Wildman–Crippen MR) is 66.9 cm³/mol. The van der Waals surface area contributed by atoms with Gasteiger partial charge in [0.05, 0.1) is 5.69 Å². The lowest BCUT2D eigenvalue weighted by atomic mass is 10.1. The molecule has 0 aliphatic heterocycles. The second kappa shape index (κ2) is 6.57. The quantitative estimate of drug-likeness (QED) is 0.794. The Morgan fingerprint density at radius 1 is 1.47 bits per heavy atom. The molecule has 0 radical (unpaired) electrons. The van der Waals surface area contributed by atoms with Crippen molar-refractivity contribution in [3.05, 3.63) is 29.0 Å². The van der Waals surface area contributed by atoms with Gasteiger partial charge in [-0.3, -0.25) is 9.78 Å². The zero-order valence-electron chi connectivity index (χ0n) is 10.2. The first-order chi connectivity index (χ1) is 8.04. The van der Waals surface area contributed by atoms with Crippen molar-refractivity contribution in [2.45, 2.75) is 39.0 Å². The Labute approximate surface area is 106 Å². The van der Waals surface area contributed by atoms with Crippen LogP contribution in [0.15, 0.2) is 18.3 Å². The largest absolute Gasteiger partial charge is 0.456 e. The molecule has 4 nitrogen and oxygen atoms in total. The van der Waals surface area contributed by atoms with Crippen LogP contribution in [0.4, 0.5) is 0 Å². The van der Waals surface area contributed by atoms with Crippen LogP contribution in [0.25, 0.3) is 0 Å². The highest BCUT2D eigenvalue weighted by Crippen LogP contribution is 2.21. The summed E-state index contributed by atoms with van der Waals surface area (Å²) in [5.41, 5.74) is 0.644. The molecule has 1 rings (SSSR count). The van der Waals surface area contributed by atoms with Crippen LogP contribution in [-0.2, 0) is 9.53 Å². The lowest BCUT2D eigenvalue weighted by Gasteiger charge is -2.24. The number of nitrogens with zero attached hydrogens (tertiary/aromatic N) is 1. The molecule has 0 spiro atoms. The summed E-state index contributed by atoms with van der Waals surface area (Å²) in [5.74, 6) is 0. The van der Waals surface area contributed by atoms with Crippen LogP contribution >= 0.6 is 11.6 Å². The fraction of sp³-hybridized carbons (Fsp3) is 0.500. The Morgan fingerprint density at radius 2 is 2.18 bits per heavy atom. The molecule has 0 saturated carbocycles. The number of halogens is 1. The van der Waals surface area contributed by atoms with Crippen molar-refractivity contribution in [2.75, 3.05) is 0 Å². The number of rotatable bonds is 6. The van der Waals surface area contributed by atoms with Crippen LogP contribution in [0.2, 0.25) is 5.02 Å². The van der Waals surface area contributed by atoms with Crippen molar-refractivity contribution in [3.63, 3.8) is 0 Å². The SMILES string of the molecule is CC(C)N[C@H](C)[C@H](OC=O)c1cc(Cl)ccn1. The number of hydrogen-bond acceptors (Lipinski definition) is 4. The van der Waals surface area contributed by atoms with Crippen molar-refractivity contribution in [1.29, 1.82) is 0 Å². The molecule has 17 heavy (non-hydrogen) atoms. The summed E-state index contributed by atoms with van der Waals surface area (Å²) in [6.07, 6.45) is 1.16. The van der Waals surface area contributed by atoms with Crippen LogP contribution in [0.1, 0.15) is 32.6 Å². The van der Waals surface area contributed by atoms with Gasteiger partial charge in [0.1, 0.15) is 0 Å². The van der Waals surface area contributed by atoms with Crippen molar-refractivity contribution in [3.8, 4) is 0 Å². The van der Waals surface area contributed by atoms with Crippen LogP contribution < -0.4 is 5.32 Å². The van der Waals surface area contributed by atoms with Gasteiger partial charge in [0, 0.05) is 23.3 Å². The first kappa shape index (κ1) is 13.9. The predicted octanol–water partition coefficient (Wildman–Crippen LogP) is 2.34. The second-order valence-electron chi connectivity index (χ2n) is 4.16. The molecule has 0 fully saturated rings. The van der Waals surface area contributed by atoms with Crippen molar-refractivity contribution < 1.29 is 9.53 Å². The van der Waals surface area contributed by atoms with E-state index in [-0.39, 0.29) is 6.04 Å². The molecule has 0 unspecified atom stereocenters. The molecule has 0 aliphatic rings. The number of aromatic nitrogens is 1. The number of pyridine rings is 1. The minimum absolute atomic E-state index is 0.0360. The van der Waals surface area contributed by atoms with E-state index in [1.807, 2.05) is 20.8 Å². The van der Waals surface area contributed by atoms with E-state index in [9.17, 15) is 4.79 Å². The second-order valence-corrected chi connectivity index (χ2v) is 4.60. The molecule has 2 atom stereocenters. The zero-order chi connectivity index (χ0) is 12.8. The molecule has 0 aliphatic carbocycles. The molecular formula is C12H17ClN2O2. The number of carbonyl (C=O) groups is 1. The van der Waals surface area contributed by atoms with E-state index in [1.165, 1.54) is 0 Å². The summed E-state index contributed by atoms with van der Waals surface area (Å²) in [6.45, 7) is 6.43. The molecule has 1 N–H and O–H groups in total. The molecular weight excluding hydrogens is 240 g/mol. The van der Waals surface area contributed by atoms with E-state index >= 15 is 0 Å². The van der Waals surface area contributed by atoms with Gasteiger partial charge in [-0.25, -0.2) is 0 Å². The molecule has 0 aromatic carbocycles. The average molecular weight is 257 g/mol. The standard InChI is InChI=1S/C12H17ClN2O2/c1-8(2)15-9(3)12(17-7-16)11-6-10(13)4-5-14-11/h4-9,12,15H,1-3H3/t9-,12+/m1/s1. The highest BCUT2D eigenvalue weighted by Gasteiger charge is 2.22. The molecule has 1 heterocycles. The first-order valence-electron chi connectivity index (χ1n) is 5.51. The Morgan fingerprint density at radius 3 is 2.71 bits per heavy atom. The van der Waals surface area contributed by atoms with Gasteiger partial charge in [0.2, 0.25) is 0 Å². The van der Waals surface area contributed by atoms with E-state index in [4.69, 9.17) is 16.3 Å². The third kappa shape index (κ3) is 4.32. The van der Waals surface area contributed by atoms with Gasteiger partial charge in [-0.2, -0.15) is 0 Å².